The summed E-state index contributed by atoms with van der Waals surface area (Å²) < 4.78 is 24.3. The number of nitrogens with zero attached hydrogens (tertiary/aromatic N) is 2. The second-order valence-electron chi connectivity index (χ2n) is 8.09. The monoisotopic (exact) mass is 444 g/mol. The van der Waals surface area contributed by atoms with Crippen molar-refractivity contribution in [3.63, 3.8) is 0 Å². The minimum Gasteiger partial charge on any atom is -0.468 e. The van der Waals surface area contributed by atoms with Crippen LogP contribution in [0.1, 0.15) is 24.6 Å². The van der Waals surface area contributed by atoms with Crippen molar-refractivity contribution in [1.82, 2.24) is 15.5 Å². The van der Waals surface area contributed by atoms with Gasteiger partial charge in [0, 0.05) is 51.6 Å². The molecule has 2 N–H and O–H groups in total. The number of benzene rings is 1. The fourth-order valence-corrected chi connectivity index (χ4v) is 4.20. The van der Waals surface area contributed by atoms with E-state index >= 15 is 0 Å². The topological polar surface area (TPSA) is 87.0 Å². The Morgan fingerprint density at radius 2 is 1.81 bits per heavy atom. The van der Waals surface area contributed by atoms with Gasteiger partial charge >= 0.3 is 11.8 Å². The van der Waals surface area contributed by atoms with Gasteiger partial charge in [-0.25, -0.2) is 4.39 Å². The highest BCUT2D eigenvalue weighted by atomic mass is 19.1. The van der Waals surface area contributed by atoms with Crippen LogP contribution in [-0.2, 0) is 14.3 Å². The Morgan fingerprint density at radius 1 is 1.06 bits per heavy atom. The minimum atomic E-state index is -0.662. The molecule has 0 spiro atoms. The molecule has 3 heterocycles. The summed E-state index contributed by atoms with van der Waals surface area (Å²) >= 11 is 0. The highest BCUT2D eigenvalue weighted by Gasteiger charge is 2.28. The van der Waals surface area contributed by atoms with Gasteiger partial charge in [0.15, 0.2) is 0 Å². The van der Waals surface area contributed by atoms with E-state index in [1.54, 1.807) is 18.4 Å². The number of carbonyl (C=O) groups excluding carboxylic acids is 2. The first-order valence-corrected chi connectivity index (χ1v) is 11.1. The van der Waals surface area contributed by atoms with Crippen molar-refractivity contribution < 1.29 is 23.1 Å². The number of nitrogens with one attached hydrogen (secondary N) is 2. The molecule has 2 atom stereocenters. The zero-order valence-electron chi connectivity index (χ0n) is 18.0. The van der Waals surface area contributed by atoms with Crippen molar-refractivity contribution >= 4 is 17.5 Å². The molecule has 2 aromatic rings. The van der Waals surface area contributed by atoms with Gasteiger partial charge in [0.05, 0.1) is 18.4 Å². The highest BCUT2D eigenvalue weighted by Crippen LogP contribution is 2.24. The molecule has 9 heteroatoms. The van der Waals surface area contributed by atoms with E-state index in [9.17, 15) is 14.0 Å². The molecule has 1 aromatic heterocycles. The molecule has 4 rings (SSSR count). The Morgan fingerprint density at radius 3 is 2.47 bits per heavy atom. The van der Waals surface area contributed by atoms with E-state index in [2.05, 4.69) is 20.4 Å². The number of ether oxygens (including phenoxy) is 1. The first kappa shape index (κ1) is 22.3. The van der Waals surface area contributed by atoms with Gasteiger partial charge in [0.25, 0.3) is 0 Å². The van der Waals surface area contributed by atoms with Crippen LogP contribution >= 0.6 is 0 Å². The molecule has 0 unspecified atom stereocenters. The molecule has 1 aromatic carbocycles. The Balaban J connectivity index is 1.30. The molecule has 2 aliphatic rings. The van der Waals surface area contributed by atoms with Gasteiger partial charge < -0.3 is 24.7 Å². The number of rotatable bonds is 7. The molecule has 2 saturated heterocycles. The summed E-state index contributed by atoms with van der Waals surface area (Å²) in [4.78, 5) is 28.9. The van der Waals surface area contributed by atoms with E-state index in [1.807, 2.05) is 12.1 Å². The van der Waals surface area contributed by atoms with Gasteiger partial charge in [0.1, 0.15) is 11.6 Å². The number of amides is 2. The molecule has 0 saturated carbocycles. The van der Waals surface area contributed by atoms with E-state index in [0.29, 0.717) is 13.2 Å². The van der Waals surface area contributed by atoms with Crippen molar-refractivity contribution in [3.05, 3.63) is 54.2 Å². The number of furan rings is 1. The lowest BCUT2D eigenvalue weighted by Gasteiger charge is -2.39. The van der Waals surface area contributed by atoms with Crippen LogP contribution in [0.3, 0.4) is 0 Å². The average molecular weight is 445 g/mol. The maximum absolute atomic E-state index is 13.2. The van der Waals surface area contributed by atoms with Gasteiger partial charge in [0.2, 0.25) is 0 Å². The third-order valence-corrected chi connectivity index (χ3v) is 5.99. The van der Waals surface area contributed by atoms with Crippen molar-refractivity contribution in [3.8, 4) is 0 Å². The standard InChI is InChI=1S/C23H29FN4O4/c24-17-5-7-18(8-6-17)27-9-11-28(12-10-27)20(21-4-2-14-32-21)16-26-23(30)22(29)25-15-19-3-1-13-31-19/h2,4-8,14,19-20H,1,3,9-13,15-16H2,(H,25,29)(H,26,30)/t19-,20-/m1/s1. The number of hydrogen-bond donors (Lipinski definition) is 2. The van der Waals surface area contributed by atoms with Crippen LogP contribution in [0.2, 0.25) is 0 Å². The summed E-state index contributed by atoms with van der Waals surface area (Å²) in [5, 5.41) is 5.39. The number of carbonyl (C=O) groups is 2. The second kappa shape index (κ2) is 10.6. The summed E-state index contributed by atoms with van der Waals surface area (Å²) in [7, 11) is 0. The summed E-state index contributed by atoms with van der Waals surface area (Å²) in [6.45, 7) is 4.31. The maximum Gasteiger partial charge on any atom is 0.309 e. The largest absolute Gasteiger partial charge is 0.468 e. The Hall–Kier alpha value is -2.91. The summed E-state index contributed by atoms with van der Waals surface area (Å²) in [5.74, 6) is -0.828. The zero-order valence-corrected chi connectivity index (χ0v) is 18.0. The van der Waals surface area contributed by atoms with E-state index in [-0.39, 0.29) is 24.5 Å². The van der Waals surface area contributed by atoms with Crippen molar-refractivity contribution in [1.29, 1.82) is 0 Å². The molecule has 0 radical (unpaired) electrons. The van der Waals surface area contributed by atoms with E-state index in [1.165, 1.54) is 12.1 Å². The normalized spacial score (nSPS) is 20.2. The fraction of sp³-hybridized carbons (Fsp3) is 0.478. The Bertz CT molecular complexity index is 876. The molecular formula is C23H29FN4O4. The predicted octanol–water partition coefficient (Wildman–Crippen LogP) is 1.69. The number of hydrogen-bond acceptors (Lipinski definition) is 6. The van der Waals surface area contributed by atoms with Gasteiger partial charge in [-0.15, -0.1) is 0 Å². The van der Waals surface area contributed by atoms with Crippen molar-refractivity contribution in [2.75, 3.05) is 50.8 Å². The third kappa shape index (κ3) is 5.66. The number of piperazine rings is 1. The molecule has 0 aliphatic carbocycles. The first-order valence-electron chi connectivity index (χ1n) is 11.1. The molecule has 2 fully saturated rings. The quantitative estimate of drug-likeness (QED) is 0.632. The second-order valence-corrected chi connectivity index (χ2v) is 8.09. The summed E-state index contributed by atoms with van der Waals surface area (Å²) in [5.41, 5.74) is 0.983. The third-order valence-electron chi connectivity index (χ3n) is 5.99. The van der Waals surface area contributed by atoms with Crippen molar-refractivity contribution in [2.24, 2.45) is 0 Å². The van der Waals surface area contributed by atoms with Crippen molar-refractivity contribution in [2.45, 2.75) is 25.0 Å². The first-order chi connectivity index (χ1) is 15.6. The Kier molecular flexibility index (Phi) is 7.39. The lowest BCUT2D eigenvalue weighted by molar-refractivity contribution is -0.139. The van der Waals surface area contributed by atoms with Crippen LogP contribution in [-0.4, -0.2) is 68.7 Å². The molecule has 8 nitrogen and oxygen atoms in total. The SMILES string of the molecule is O=C(NC[C@H]1CCCO1)C(=O)NC[C@H](c1ccco1)N1CCN(c2ccc(F)cc2)CC1. The smallest absolute Gasteiger partial charge is 0.309 e. The van der Waals surface area contributed by atoms with E-state index in [4.69, 9.17) is 9.15 Å². The van der Waals surface area contributed by atoms with Crippen LogP contribution in [0.5, 0.6) is 0 Å². The summed E-state index contributed by atoms with van der Waals surface area (Å²) in [6, 6.07) is 10.00. The van der Waals surface area contributed by atoms with E-state index < -0.39 is 11.8 Å². The van der Waals surface area contributed by atoms with Gasteiger partial charge in [-0.1, -0.05) is 0 Å². The lowest BCUT2D eigenvalue weighted by atomic mass is 10.1. The lowest BCUT2D eigenvalue weighted by Crippen LogP contribution is -2.51. The van der Waals surface area contributed by atoms with Crippen LogP contribution in [0, 0.1) is 5.82 Å². The molecular weight excluding hydrogens is 415 g/mol. The molecule has 2 aliphatic heterocycles. The maximum atomic E-state index is 13.2. The number of halogens is 1. The molecule has 32 heavy (non-hydrogen) atoms. The molecule has 172 valence electrons. The van der Waals surface area contributed by atoms with Gasteiger partial charge in [-0.3, -0.25) is 14.5 Å². The predicted molar refractivity (Wildman–Crippen MR) is 117 cm³/mol. The highest BCUT2D eigenvalue weighted by molar-refractivity contribution is 6.35. The van der Waals surface area contributed by atoms with Crippen LogP contribution < -0.4 is 15.5 Å². The van der Waals surface area contributed by atoms with E-state index in [0.717, 1.165) is 50.5 Å². The van der Waals surface area contributed by atoms with Crippen LogP contribution in [0.4, 0.5) is 10.1 Å². The minimum absolute atomic E-state index is 0.0139. The molecule has 2 amide bonds. The van der Waals surface area contributed by atoms with Crippen LogP contribution in [0.25, 0.3) is 0 Å². The van der Waals surface area contributed by atoms with Crippen LogP contribution in [0.15, 0.2) is 47.1 Å². The van der Waals surface area contributed by atoms with Gasteiger partial charge in [-0.05, 0) is 49.2 Å². The van der Waals surface area contributed by atoms with Gasteiger partial charge in [-0.2, -0.15) is 0 Å². The molecule has 0 bridgehead atoms. The summed E-state index contributed by atoms with van der Waals surface area (Å²) in [6.07, 6.45) is 3.46. The Labute approximate surface area is 186 Å². The fourth-order valence-electron chi connectivity index (χ4n) is 4.20. The number of anilines is 1. The zero-order chi connectivity index (χ0) is 22.3. The average Bonchev–Trinajstić information content (AvgIpc) is 3.53.